The van der Waals surface area contributed by atoms with Crippen molar-refractivity contribution < 1.29 is 14.3 Å². The molecule has 0 bridgehead atoms. The molecule has 1 saturated heterocycles. The molecule has 2 atom stereocenters. The fourth-order valence-corrected chi connectivity index (χ4v) is 4.85. The maximum atomic E-state index is 14.4. The molecule has 170 valence electrons. The fourth-order valence-electron chi connectivity index (χ4n) is 3.56. The number of aliphatic hydroxyl groups is 1. The fraction of sp³-hybridized carbons (Fsp3) is 0.696. The lowest BCUT2D eigenvalue weighted by atomic mass is 9.92. The van der Waals surface area contributed by atoms with E-state index in [0.717, 1.165) is 56.7 Å². The summed E-state index contributed by atoms with van der Waals surface area (Å²) in [6, 6.07) is 5.05. The zero-order valence-corrected chi connectivity index (χ0v) is 19.9. The van der Waals surface area contributed by atoms with Gasteiger partial charge in [-0.25, -0.2) is 4.39 Å². The van der Waals surface area contributed by atoms with E-state index in [-0.39, 0.29) is 34.9 Å². The number of halogens is 1. The molecule has 1 fully saturated rings. The maximum Gasteiger partial charge on any atom is 0.123 e. The zero-order valence-electron chi connectivity index (χ0n) is 19.1. The van der Waals surface area contributed by atoms with Crippen LogP contribution in [0.2, 0.25) is 0 Å². The van der Waals surface area contributed by atoms with Crippen LogP contribution < -0.4 is 4.90 Å². The Morgan fingerprint density at radius 3 is 2.50 bits per heavy atom. The average molecular weight is 440 g/mol. The van der Waals surface area contributed by atoms with Crippen LogP contribution in [-0.4, -0.2) is 79.9 Å². The van der Waals surface area contributed by atoms with Gasteiger partial charge in [0.2, 0.25) is 0 Å². The first-order valence-electron chi connectivity index (χ1n) is 10.8. The van der Waals surface area contributed by atoms with Crippen LogP contribution in [0.4, 0.5) is 10.1 Å². The second-order valence-electron chi connectivity index (χ2n) is 9.48. The van der Waals surface area contributed by atoms with Crippen molar-refractivity contribution >= 4 is 23.7 Å². The van der Waals surface area contributed by atoms with Gasteiger partial charge in [0.1, 0.15) is 12.1 Å². The van der Waals surface area contributed by atoms with Gasteiger partial charge in [-0.3, -0.25) is 4.90 Å². The van der Waals surface area contributed by atoms with Crippen molar-refractivity contribution in [2.45, 2.75) is 44.2 Å². The molecule has 0 spiro atoms. The van der Waals surface area contributed by atoms with Gasteiger partial charge in [0.25, 0.3) is 0 Å². The number of carbonyl (C=O) groups excluding carboxylic acids is 1. The summed E-state index contributed by atoms with van der Waals surface area (Å²) in [5.74, 6) is -0.256. The molecular weight excluding hydrogens is 401 g/mol. The standard InChI is InChI=1S/C23H38FN3O2S/c1-23(2,3)9-10-26(5)22(30-19(17-29)8-15-28)20-16-18(24)6-7-21(20)27-13-11-25(4)12-14-27/h6-7,15-16,19,22,29H,8-14,17H2,1-5H3. The van der Waals surface area contributed by atoms with Crippen LogP contribution in [0.25, 0.3) is 0 Å². The molecule has 30 heavy (non-hydrogen) atoms. The lowest BCUT2D eigenvalue weighted by molar-refractivity contribution is -0.107. The van der Waals surface area contributed by atoms with Gasteiger partial charge in [0.15, 0.2) is 0 Å². The van der Waals surface area contributed by atoms with Crippen molar-refractivity contribution in [2.24, 2.45) is 5.41 Å². The summed E-state index contributed by atoms with van der Waals surface area (Å²) < 4.78 is 14.4. The van der Waals surface area contributed by atoms with Crippen LogP contribution in [0.3, 0.4) is 0 Å². The minimum atomic E-state index is -0.256. The highest BCUT2D eigenvalue weighted by Crippen LogP contribution is 2.41. The molecular formula is C23H38FN3O2S. The number of hydrogen-bond acceptors (Lipinski definition) is 6. The molecule has 0 amide bonds. The van der Waals surface area contributed by atoms with Gasteiger partial charge in [-0.05, 0) is 50.7 Å². The molecule has 1 aliphatic heterocycles. The normalized spacial score (nSPS) is 17.9. The maximum absolute atomic E-state index is 14.4. The Bertz CT molecular complexity index is 675. The molecule has 0 aliphatic carbocycles. The molecule has 1 aromatic carbocycles. The first-order chi connectivity index (χ1) is 14.1. The number of hydrogen-bond donors (Lipinski definition) is 1. The monoisotopic (exact) mass is 439 g/mol. The molecule has 7 heteroatoms. The van der Waals surface area contributed by atoms with Crippen LogP contribution in [0, 0.1) is 11.2 Å². The van der Waals surface area contributed by atoms with Crippen molar-refractivity contribution in [2.75, 3.05) is 58.3 Å². The van der Waals surface area contributed by atoms with Crippen LogP contribution >= 0.6 is 11.8 Å². The van der Waals surface area contributed by atoms with Gasteiger partial charge in [-0.15, -0.1) is 11.8 Å². The van der Waals surface area contributed by atoms with E-state index in [9.17, 15) is 14.3 Å². The minimum Gasteiger partial charge on any atom is -0.395 e. The summed E-state index contributed by atoms with van der Waals surface area (Å²) in [6.07, 6.45) is 2.13. The first kappa shape index (κ1) is 25.1. The zero-order chi connectivity index (χ0) is 22.3. The number of carbonyl (C=O) groups is 1. The van der Waals surface area contributed by atoms with Crippen molar-refractivity contribution in [3.63, 3.8) is 0 Å². The largest absolute Gasteiger partial charge is 0.395 e. The Morgan fingerprint density at radius 1 is 1.27 bits per heavy atom. The van der Waals surface area contributed by atoms with Gasteiger partial charge in [-0.2, -0.15) is 0 Å². The van der Waals surface area contributed by atoms with E-state index < -0.39 is 0 Å². The number of aldehydes is 1. The van der Waals surface area contributed by atoms with E-state index in [4.69, 9.17) is 0 Å². The van der Waals surface area contributed by atoms with E-state index in [1.165, 1.54) is 6.07 Å². The second kappa shape index (κ2) is 11.5. The van der Waals surface area contributed by atoms with Crippen LogP contribution in [0.15, 0.2) is 18.2 Å². The number of benzene rings is 1. The molecule has 1 aliphatic rings. The van der Waals surface area contributed by atoms with E-state index in [1.807, 2.05) is 6.07 Å². The highest BCUT2D eigenvalue weighted by molar-refractivity contribution is 8.00. The predicted octanol–water partition coefficient (Wildman–Crippen LogP) is 3.63. The molecule has 0 saturated carbocycles. The number of likely N-dealkylation sites (N-methyl/N-ethyl adjacent to an activating group) is 1. The van der Waals surface area contributed by atoms with Gasteiger partial charge < -0.3 is 19.7 Å². The minimum absolute atomic E-state index is 0.0772. The van der Waals surface area contributed by atoms with Crippen LogP contribution in [-0.2, 0) is 4.79 Å². The lowest BCUT2D eigenvalue weighted by Gasteiger charge is -2.38. The molecule has 0 radical (unpaired) electrons. The summed E-state index contributed by atoms with van der Waals surface area (Å²) >= 11 is 1.55. The smallest absolute Gasteiger partial charge is 0.123 e. The second-order valence-corrected chi connectivity index (χ2v) is 10.9. The Kier molecular flexibility index (Phi) is 9.60. The van der Waals surface area contributed by atoms with Crippen molar-refractivity contribution in [1.29, 1.82) is 0 Å². The molecule has 5 nitrogen and oxygen atoms in total. The summed E-state index contributed by atoms with van der Waals surface area (Å²) in [4.78, 5) is 18.0. The Balaban J connectivity index is 2.37. The average Bonchev–Trinajstić information content (AvgIpc) is 2.69. The molecule has 1 heterocycles. The molecule has 1 aromatic rings. The Morgan fingerprint density at radius 2 is 1.93 bits per heavy atom. The summed E-state index contributed by atoms with van der Waals surface area (Å²) in [5.41, 5.74) is 2.16. The van der Waals surface area contributed by atoms with Crippen LogP contribution in [0.5, 0.6) is 0 Å². The van der Waals surface area contributed by atoms with E-state index in [2.05, 4.69) is 49.6 Å². The van der Waals surface area contributed by atoms with Gasteiger partial charge >= 0.3 is 0 Å². The highest BCUT2D eigenvalue weighted by atomic mass is 32.2. The quantitative estimate of drug-likeness (QED) is 0.444. The highest BCUT2D eigenvalue weighted by Gasteiger charge is 2.28. The van der Waals surface area contributed by atoms with Crippen molar-refractivity contribution in [3.05, 3.63) is 29.6 Å². The summed E-state index contributed by atoms with van der Waals surface area (Å²) in [5, 5.41) is 9.45. The van der Waals surface area contributed by atoms with E-state index in [0.29, 0.717) is 0 Å². The molecule has 0 aromatic heterocycles. The van der Waals surface area contributed by atoms with Crippen molar-refractivity contribution in [3.8, 4) is 0 Å². The molecule has 1 N–H and O–H groups in total. The third-order valence-electron chi connectivity index (χ3n) is 5.60. The van der Waals surface area contributed by atoms with E-state index >= 15 is 0 Å². The van der Waals surface area contributed by atoms with Crippen molar-refractivity contribution in [1.82, 2.24) is 9.80 Å². The summed E-state index contributed by atoms with van der Waals surface area (Å²) in [6.45, 7) is 11.1. The van der Waals surface area contributed by atoms with Gasteiger partial charge in [0.05, 0.1) is 12.0 Å². The van der Waals surface area contributed by atoms with Crippen LogP contribution in [0.1, 0.15) is 44.6 Å². The predicted molar refractivity (Wildman–Crippen MR) is 125 cm³/mol. The molecule has 2 unspecified atom stereocenters. The Hall–Kier alpha value is -1.15. The number of piperazine rings is 1. The molecule has 2 rings (SSSR count). The van der Waals surface area contributed by atoms with Gasteiger partial charge in [0, 0.05) is 49.1 Å². The number of anilines is 1. The number of aliphatic hydroxyl groups excluding tert-OH is 1. The topological polar surface area (TPSA) is 47.0 Å². The third-order valence-corrected chi connectivity index (χ3v) is 7.20. The number of thioether (sulfide) groups is 1. The SMILES string of the molecule is CN1CCN(c2ccc(F)cc2C(SC(CO)CC=O)N(C)CCC(C)(C)C)CC1. The Labute approximate surface area is 185 Å². The van der Waals surface area contributed by atoms with E-state index in [1.54, 1.807) is 17.8 Å². The number of rotatable bonds is 10. The first-order valence-corrected chi connectivity index (χ1v) is 11.7. The van der Waals surface area contributed by atoms with Gasteiger partial charge in [-0.1, -0.05) is 20.8 Å². The summed E-state index contributed by atoms with van der Waals surface area (Å²) in [7, 11) is 4.17. The number of nitrogens with zero attached hydrogens (tertiary/aromatic N) is 3. The lowest BCUT2D eigenvalue weighted by Crippen LogP contribution is -2.45. The third kappa shape index (κ3) is 7.52.